The van der Waals surface area contributed by atoms with E-state index in [-0.39, 0.29) is 42.8 Å². The maximum absolute atomic E-state index is 14.0. The molecule has 2 aliphatic heterocycles. The molecule has 2 heterocycles. The van der Waals surface area contributed by atoms with E-state index in [1.807, 2.05) is 17.0 Å². The van der Waals surface area contributed by atoms with E-state index < -0.39 is 12.0 Å². The van der Waals surface area contributed by atoms with Crippen molar-refractivity contribution in [2.75, 3.05) is 60.0 Å². The lowest BCUT2D eigenvalue weighted by Gasteiger charge is -2.45. The molecule has 2 fully saturated rings. The number of halogens is 4. The van der Waals surface area contributed by atoms with Crippen molar-refractivity contribution in [3.05, 3.63) is 97.4 Å². The molecule has 0 spiro atoms. The zero-order valence-corrected chi connectivity index (χ0v) is 34.3. The van der Waals surface area contributed by atoms with E-state index in [2.05, 4.69) is 10.1 Å². The van der Waals surface area contributed by atoms with Gasteiger partial charge in [0.15, 0.2) is 0 Å². The highest BCUT2D eigenvalue weighted by Crippen LogP contribution is 2.31. The molecule has 0 radical (unpaired) electrons. The third-order valence-electron chi connectivity index (χ3n) is 10.1. The smallest absolute Gasteiger partial charge is 0.329 e. The molecule has 1 N–H and O–H groups in total. The molecular formula is C40H47Cl4N5O6. The maximum Gasteiger partial charge on any atom is 0.329 e. The van der Waals surface area contributed by atoms with Crippen molar-refractivity contribution >= 4 is 70.0 Å². The van der Waals surface area contributed by atoms with Gasteiger partial charge in [0.1, 0.15) is 18.9 Å². The van der Waals surface area contributed by atoms with E-state index >= 15 is 0 Å². The monoisotopic (exact) mass is 833 g/mol. The van der Waals surface area contributed by atoms with Gasteiger partial charge in [-0.2, -0.15) is 0 Å². The normalized spacial score (nSPS) is 16.9. The number of benzene rings is 3. The number of carbonyl (C=O) groups excluding carboxylic acids is 3. The molecule has 2 atom stereocenters. The molecule has 0 aliphatic carbocycles. The zero-order valence-electron chi connectivity index (χ0n) is 31.2. The molecule has 15 heteroatoms. The second-order valence-electron chi connectivity index (χ2n) is 13.8. The minimum Gasteiger partial charge on any atom is -0.508 e. The first kappa shape index (κ1) is 42.4. The van der Waals surface area contributed by atoms with Crippen LogP contribution in [0.4, 0.5) is 4.79 Å². The Balaban J connectivity index is 1.26. The number of likely N-dealkylation sites (tertiary alicyclic amines) is 1. The highest BCUT2D eigenvalue weighted by atomic mass is 35.5. The van der Waals surface area contributed by atoms with Gasteiger partial charge < -0.3 is 34.3 Å². The summed E-state index contributed by atoms with van der Waals surface area (Å²) in [6.45, 7) is 5.46. The van der Waals surface area contributed by atoms with Crippen LogP contribution < -0.4 is 0 Å². The van der Waals surface area contributed by atoms with Gasteiger partial charge in [0.2, 0.25) is 0 Å². The van der Waals surface area contributed by atoms with Crippen molar-refractivity contribution in [3.63, 3.8) is 0 Å². The summed E-state index contributed by atoms with van der Waals surface area (Å²) in [5.74, 6) is -0.839. The van der Waals surface area contributed by atoms with Crippen LogP contribution >= 0.6 is 46.4 Å². The van der Waals surface area contributed by atoms with Crippen molar-refractivity contribution < 1.29 is 29.1 Å². The van der Waals surface area contributed by atoms with E-state index in [0.717, 1.165) is 43.5 Å². The average Bonchev–Trinajstić information content (AvgIpc) is 3.16. The fourth-order valence-electron chi connectivity index (χ4n) is 7.36. The number of phenolic OH excluding ortho intramolecular Hbond substituents is 1. The molecule has 2 aliphatic rings. The molecular weight excluding hydrogens is 788 g/mol. The molecule has 3 aromatic rings. The lowest BCUT2D eigenvalue weighted by molar-refractivity contribution is -0.149. The summed E-state index contributed by atoms with van der Waals surface area (Å²) in [7, 11) is 3.16. The number of carbonyl (C=O) groups is 3. The van der Waals surface area contributed by atoms with E-state index in [1.54, 1.807) is 72.3 Å². The van der Waals surface area contributed by atoms with Gasteiger partial charge in [-0.05, 0) is 92.7 Å². The SMILES string of the molecule is CCOC(=O)[C@H](Cc1ccc(O)cc1)N1CCCN(C2CCN(CCC(/C(CN(C)C(=O)c3cc(Cl)cc(Cl)c3)=N/OC)c3ccc(Cl)c(Cl)c3)CC2)C1=O. The largest absolute Gasteiger partial charge is 0.508 e. The summed E-state index contributed by atoms with van der Waals surface area (Å²) in [4.78, 5) is 53.5. The van der Waals surface area contributed by atoms with E-state index in [0.29, 0.717) is 63.8 Å². The summed E-state index contributed by atoms with van der Waals surface area (Å²) in [6, 6.07) is 16.0. The Hall–Kier alpha value is -3.74. The maximum atomic E-state index is 14.0. The molecule has 0 saturated carbocycles. The van der Waals surface area contributed by atoms with Crippen LogP contribution in [0, 0.1) is 0 Å². The second-order valence-corrected chi connectivity index (χ2v) is 15.5. The quantitative estimate of drug-likeness (QED) is 0.0938. The topological polar surface area (TPSA) is 115 Å². The van der Waals surface area contributed by atoms with Gasteiger partial charge in [0.05, 0.1) is 28.9 Å². The Kier molecular flexibility index (Phi) is 15.4. The molecule has 11 nitrogen and oxygen atoms in total. The Morgan fingerprint density at radius 3 is 2.27 bits per heavy atom. The van der Waals surface area contributed by atoms with E-state index in [9.17, 15) is 19.5 Å². The number of ether oxygens (including phenoxy) is 1. The molecule has 3 amide bonds. The first-order valence-electron chi connectivity index (χ1n) is 18.4. The minimum absolute atomic E-state index is 0.0270. The standard InChI is InChI=1S/C40H47Cl4N5O6/c1-4-55-39(52)37(20-26-6-9-32(50)10-7-26)49-16-5-15-48(40(49)53)31-12-17-47(18-13-31)19-14-33(27-8-11-34(43)35(44)23-27)36(45-54-3)25-46(2)38(51)28-21-29(41)24-30(42)22-28/h6-11,21-24,31,33,37,50H,4-5,12-20,25H2,1-3H3/b45-36+/t33?,37-/m0/s1. The first-order chi connectivity index (χ1) is 26.4. The summed E-state index contributed by atoms with van der Waals surface area (Å²) in [6.07, 6.45) is 3.23. The number of piperidine rings is 1. The zero-order chi connectivity index (χ0) is 39.6. The third-order valence-corrected chi connectivity index (χ3v) is 11.3. The van der Waals surface area contributed by atoms with E-state index in [1.165, 1.54) is 7.11 Å². The number of phenols is 1. The fourth-order valence-corrected chi connectivity index (χ4v) is 8.20. The molecule has 55 heavy (non-hydrogen) atoms. The summed E-state index contributed by atoms with van der Waals surface area (Å²) in [5, 5.41) is 15.7. The lowest BCUT2D eigenvalue weighted by Crippen LogP contribution is -2.60. The van der Waals surface area contributed by atoms with Crippen molar-refractivity contribution in [1.29, 1.82) is 0 Å². The van der Waals surface area contributed by atoms with Crippen molar-refractivity contribution in [2.24, 2.45) is 5.16 Å². The number of rotatable bonds is 15. The van der Waals surface area contributed by atoms with E-state index in [4.69, 9.17) is 56.0 Å². The number of oxime groups is 1. The third kappa shape index (κ3) is 11.2. The van der Waals surface area contributed by atoms with Gasteiger partial charge in [0, 0.05) is 67.2 Å². The Morgan fingerprint density at radius 1 is 0.945 bits per heavy atom. The number of hydrogen-bond donors (Lipinski definition) is 1. The van der Waals surface area contributed by atoms with Gasteiger partial charge in [-0.1, -0.05) is 69.8 Å². The van der Waals surface area contributed by atoms with Crippen LogP contribution in [0.5, 0.6) is 5.75 Å². The molecule has 0 aromatic heterocycles. The predicted molar refractivity (Wildman–Crippen MR) is 217 cm³/mol. The molecule has 1 unspecified atom stereocenters. The number of aromatic hydroxyl groups is 1. The van der Waals surface area contributed by atoms with Crippen molar-refractivity contribution in [1.82, 2.24) is 19.6 Å². The first-order valence-corrected chi connectivity index (χ1v) is 19.9. The number of amides is 3. The summed E-state index contributed by atoms with van der Waals surface area (Å²) in [5.41, 5.74) is 2.70. The van der Waals surface area contributed by atoms with Crippen LogP contribution in [-0.4, -0.2) is 120 Å². The number of hydrogen-bond acceptors (Lipinski definition) is 8. The van der Waals surface area contributed by atoms with Gasteiger partial charge in [-0.15, -0.1) is 0 Å². The minimum atomic E-state index is -0.765. The Morgan fingerprint density at radius 2 is 1.64 bits per heavy atom. The van der Waals surface area contributed by atoms with Crippen LogP contribution in [0.1, 0.15) is 60.0 Å². The van der Waals surface area contributed by atoms with Gasteiger partial charge in [0.25, 0.3) is 5.91 Å². The highest BCUT2D eigenvalue weighted by Gasteiger charge is 2.39. The van der Waals surface area contributed by atoms with Crippen LogP contribution in [0.3, 0.4) is 0 Å². The van der Waals surface area contributed by atoms with Crippen LogP contribution in [0.2, 0.25) is 20.1 Å². The summed E-state index contributed by atoms with van der Waals surface area (Å²) < 4.78 is 5.41. The Bertz CT molecular complexity index is 1820. The molecule has 2 saturated heterocycles. The van der Waals surface area contributed by atoms with Crippen LogP contribution in [-0.2, 0) is 20.8 Å². The highest BCUT2D eigenvalue weighted by molar-refractivity contribution is 6.42. The van der Waals surface area contributed by atoms with Crippen molar-refractivity contribution in [2.45, 2.75) is 57.0 Å². The number of esters is 1. The molecule has 5 rings (SSSR count). The molecule has 296 valence electrons. The number of nitrogens with zero attached hydrogens (tertiary/aromatic N) is 5. The van der Waals surface area contributed by atoms with Crippen LogP contribution in [0.15, 0.2) is 65.8 Å². The predicted octanol–water partition coefficient (Wildman–Crippen LogP) is 8.02. The second kappa shape index (κ2) is 19.9. The molecule has 0 bridgehead atoms. The lowest BCUT2D eigenvalue weighted by atomic mass is 9.89. The fraction of sp³-hybridized carbons (Fsp3) is 0.450. The Labute approximate surface area is 342 Å². The van der Waals surface area contributed by atoms with Gasteiger partial charge in [-0.25, -0.2) is 9.59 Å². The van der Waals surface area contributed by atoms with Gasteiger partial charge >= 0.3 is 12.0 Å². The average molecular weight is 836 g/mol. The summed E-state index contributed by atoms with van der Waals surface area (Å²) >= 11 is 25.2. The number of urea groups is 1. The molecule has 3 aromatic carbocycles. The van der Waals surface area contributed by atoms with Crippen LogP contribution in [0.25, 0.3) is 0 Å². The van der Waals surface area contributed by atoms with Crippen molar-refractivity contribution in [3.8, 4) is 5.75 Å². The van der Waals surface area contributed by atoms with Gasteiger partial charge in [-0.3, -0.25) is 4.79 Å².